The molecule has 1 N–H and O–H groups in total. The Kier molecular flexibility index (Phi) is 5.58. The van der Waals surface area contributed by atoms with Crippen LogP contribution in [0.25, 0.3) is 0 Å². The van der Waals surface area contributed by atoms with Gasteiger partial charge in [-0.3, -0.25) is 4.79 Å². The Hall–Kier alpha value is -1.62. The zero-order valence-corrected chi connectivity index (χ0v) is 11.0. The molecule has 0 saturated carbocycles. The van der Waals surface area contributed by atoms with Crippen molar-refractivity contribution < 1.29 is 14.3 Å². The van der Waals surface area contributed by atoms with Gasteiger partial charge in [0.05, 0.1) is 12.2 Å². The second-order valence-corrected chi connectivity index (χ2v) is 4.06. The van der Waals surface area contributed by atoms with Crippen molar-refractivity contribution in [2.45, 2.75) is 26.3 Å². The number of carbonyl (C=O) groups excluding carboxylic acids is 2. The fourth-order valence-electron chi connectivity index (χ4n) is 1.22. The van der Waals surface area contributed by atoms with Crippen LogP contribution in [0.5, 0.6) is 0 Å². The van der Waals surface area contributed by atoms with Crippen LogP contribution in [0.4, 0.5) is 0 Å². The number of ether oxygens (including phenoxy) is 1. The highest BCUT2D eigenvalue weighted by Gasteiger charge is 2.19. The first kappa shape index (κ1) is 14.4. The monoisotopic (exact) mass is 270 g/mol. The SMILES string of the molecule is CCCOC(=O)C(C)NC(=O)c1cccnc1Cl. The lowest BCUT2D eigenvalue weighted by Crippen LogP contribution is -2.39. The molecule has 0 fully saturated rings. The lowest BCUT2D eigenvalue weighted by atomic mass is 10.2. The normalized spacial score (nSPS) is 11.7. The van der Waals surface area contributed by atoms with E-state index >= 15 is 0 Å². The highest BCUT2D eigenvalue weighted by atomic mass is 35.5. The number of hydrogen-bond donors (Lipinski definition) is 1. The van der Waals surface area contributed by atoms with Crippen molar-refractivity contribution in [3.8, 4) is 0 Å². The Bertz CT molecular complexity index is 437. The van der Waals surface area contributed by atoms with Crippen LogP contribution < -0.4 is 5.32 Å². The third kappa shape index (κ3) is 4.00. The maximum absolute atomic E-state index is 11.8. The van der Waals surface area contributed by atoms with E-state index in [0.717, 1.165) is 6.42 Å². The van der Waals surface area contributed by atoms with Gasteiger partial charge in [-0.05, 0) is 25.5 Å². The molecule has 1 atom stereocenters. The van der Waals surface area contributed by atoms with Gasteiger partial charge in [0.1, 0.15) is 11.2 Å². The van der Waals surface area contributed by atoms with E-state index in [9.17, 15) is 9.59 Å². The summed E-state index contributed by atoms with van der Waals surface area (Å²) < 4.78 is 4.92. The Morgan fingerprint density at radius 1 is 1.56 bits per heavy atom. The van der Waals surface area contributed by atoms with Crippen molar-refractivity contribution in [2.75, 3.05) is 6.61 Å². The molecule has 0 aliphatic rings. The van der Waals surface area contributed by atoms with Crippen molar-refractivity contribution in [3.05, 3.63) is 29.0 Å². The van der Waals surface area contributed by atoms with Gasteiger partial charge >= 0.3 is 5.97 Å². The zero-order chi connectivity index (χ0) is 13.5. The molecule has 0 aromatic carbocycles. The van der Waals surface area contributed by atoms with E-state index in [1.165, 1.54) is 12.3 Å². The number of hydrogen-bond acceptors (Lipinski definition) is 4. The molecular weight excluding hydrogens is 256 g/mol. The second kappa shape index (κ2) is 6.96. The molecule has 18 heavy (non-hydrogen) atoms. The third-order valence-electron chi connectivity index (χ3n) is 2.15. The fourth-order valence-corrected chi connectivity index (χ4v) is 1.42. The first-order chi connectivity index (χ1) is 8.56. The standard InChI is InChI=1S/C12H15ClN2O3/c1-3-7-18-12(17)8(2)15-11(16)9-5-4-6-14-10(9)13/h4-6,8H,3,7H2,1-2H3,(H,15,16). The minimum Gasteiger partial charge on any atom is -0.464 e. The number of halogens is 1. The summed E-state index contributed by atoms with van der Waals surface area (Å²) in [7, 11) is 0. The van der Waals surface area contributed by atoms with E-state index in [2.05, 4.69) is 10.3 Å². The van der Waals surface area contributed by atoms with Gasteiger partial charge in [-0.1, -0.05) is 18.5 Å². The van der Waals surface area contributed by atoms with E-state index in [4.69, 9.17) is 16.3 Å². The van der Waals surface area contributed by atoms with Crippen molar-refractivity contribution in [1.82, 2.24) is 10.3 Å². The van der Waals surface area contributed by atoms with Crippen LogP contribution in [0.15, 0.2) is 18.3 Å². The number of esters is 1. The molecule has 0 radical (unpaired) electrons. The predicted molar refractivity (Wildman–Crippen MR) is 67.4 cm³/mol. The van der Waals surface area contributed by atoms with E-state index in [0.29, 0.717) is 6.61 Å². The summed E-state index contributed by atoms with van der Waals surface area (Å²) >= 11 is 5.78. The smallest absolute Gasteiger partial charge is 0.328 e. The van der Waals surface area contributed by atoms with Crippen LogP contribution in [0, 0.1) is 0 Å². The summed E-state index contributed by atoms with van der Waals surface area (Å²) in [6.07, 6.45) is 2.22. The number of nitrogens with zero attached hydrogens (tertiary/aromatic N) is 1. The van der Waals surface area contributed by atoms with Gasteiger partial charge in [0.2, 0.25) is 0 Å². The van der Waals surface area contributed by atoms with Crippen LogP contribution >= 0.6 is 11.6 Å². The predicted octanol–water partition coefficient (Wildman–Crippen LogP) is 1.81. The molecule has 6 heteroatoms. The molecule has 1 unspecified atom stereocenters. The molecular formula is C12H15ClN2O3. The molecule has 0 spiro atoms. The summed E-state index contributed by atoms with van der Waals surface area (Å²) in [6.45, 7) is 3.79. The highest BCUT2D eigenvalue weighted by molar-refractivity contribution is 6.32. The molecule has 1 aromatic heterocycles. The Labute approximate surface area is 110 Å². The van der Waals surface area contributed by atoms with Gasteiger partial charge < -0.3 is 10.1 Å². The Balaban J connectivity index is 2.60. The minimum absolute atomic E-state index is 0.101. The summed E-state index contributed by atoms with van der Waals surface area (Å²) in [5.41, 5.74) is 0.231. The summed E-state index contributed by atoms with van der Waals surface area (Å²) in [5.74, 6) is -0.917. The van der Waals surface area contributed by atoms with Gasteiger partial charge in [-0.2, -0.15) is 0 Å². The molecule has 0 saturated heterocycles. The Morgan fingerprint density at radius 2 is 2.28 bits per heavy atom. The number of amides is 1. The first-order valence-corrected chi connectivity index (χ1v) is 6.02. The number of rotatable bonds is 5. The van der Waals surface area contributed by atoms with Crippen molar-refractivity contribution in [3.63, 3.8) is 0 Å². The molecule has 0 aliphatic carbocycles. The summed E-state index contributed by atoms with van der Waals surface area (Å²) in [4.78, 5) is 27.1. The quantitative estimate of drug-likeness (QED) is 0.654. The molecule has 1 rings (SSSR count). The lowest BCUT2D eigenvalue weighted by Gasteiger charge is -2.13. The molecule has 1 aromatic rings. The number of pyridine rings is 1. The van der Waals surface area contributed by atoms with E-state index in [1.807, 2.05) is 6.92 Å². The number of aromatic nitrogens is 1. The second-order valence-electron chi connectivity index (χ2n) is 3.70. The molecule has 98 valence electrons. The third-order valence-corrected chi connectivity index (χ3v) is 2.45. The number of carbonyl (C=O) groups is 2. The van der Waals surface area contributed by atoms with Crippen molar-refractivity contribution >= 4 is 23.5 Å². The van der Waals surface area contributed by atoms with E-state index in [-0.39, 0.29) is 10.7 Å². The van der Waals surface area contributed by atoms with E-state index in [1.54, 1.807) is 13.0 Å². The minimum atomic E-state index is -0.722. The van der Waals surface area contributed by atoms with Gasteiger partial charge in [-0.15, -0.1) is 0 Å². The zero-order valence-electron chi connectivity index (χ0n) is 10.3. The topological polar surface area (TPSA) is 68.3 Å². The van der Waals surface area contributed by atoms with Gasteiger partial charge in [0.25, 0.3) is 5.91 Å². The maximum atomic E-state index is 11.8. The molecule has 1 amide bonds. The highest BCUT2D eigenvalue weighted by Crippen LogP contribution is 2.11. The molecule has 0 aliphatic heterocycles. The average Bonchev–Trinajstić information content (AvgIpc) is 2.36. The molecule has 5 nitrogen and oxygen atoms in total. The van der Waals surface area contributed by atoms with Crippen LogP contribution in [0.3, 0.4) is 0 Å². The van der Waals surface area contributed by atoms with Gasteiger partial charge in [0.15, 0.2) is 0 Å². The summed E-state index contributed by atoms with van der Waals surface area (Å²) in [6, 6.07) is 2.41. The van der Waals surface area contributed by atoms with Crippen LogP contribution in [-0.4, -0.2) is 29.5 Å². The van der Waals surface area contributed by atoms with E-state index < -0.39 is 17.9 Å². The van der Waals surface area contributed by atoms with Crippen LogP contribution in [-0.2, 0) is 9.53 Å². The number of nitrogens with one attached hydrogen (secondary N) is 1. The fraction of sp³-hybridized carbons (Fsp3) is 0.417. The Morgan fingerprint density at radius 3 is 2.89 bits per heavy atom. The van der Waals surface area contributed by atoms with Gasteiger partial charge in [0, 0.05) is 6.20 Å². The van der Waals surface area contributed by atoms with Crippen LogP contribution in [0.1, 0.15) is 30.6 Å². The molecule has 0 bridgehead atoms. The first-order valence-electron chi connectivity index (χ1n) is 5.64. The van der Waals surface area contributed by atoms with Crippen LogP contribution in [0.2, 0.25) is 5.15 Å². The molecule has 1 heterocycles. The van der Waals surface area contributed by atoms with Crippen molar-refractivity contribution in [2.24, 2.45) is 0 Å². The maximum Gasteiger partial charge on any atom is 0.328 e. The largest absolute Gasteiger partial charge is 0.464 e. The average molecular weight is 271 g/mol. The van der Waals surface area contributed by atoms with Crippen molar-refractivity contribution in [1.29, 1.82) is 0 Å². The van der Waals surface area contributed by atoms with Gasteiger partial charge in [-0.25, -0.2) is 9.78 Å². The lowest BCUT2D eigenvalue weighted by molar-refractivity contribution is -0.145. The summed E-state index contributed by atoms with van der Waals surface area (Å²) in [5, 5.41) is 2.61.